The Balaban J connectivity index is 1.12. The molecule has 1 radical (unpaired) electrons. The van der Waals surface area contributed by atoms with E-state index in [9.17, 15) is 9.59 Å². The second-order valence-electron chi connectivity index (χ2n) is 10.4. The number of hydrogen-bond donors (Lipinski definition) is 2. The number of hydrogen-bond acceptors (Lipinski definition) is 4. The molecule has 0 atom stereocenters. The molecule has 2 saturated carbocycles. The lowest BCUT2D eigenvalue weighted by Gasteiger charge is -2.37. The molecule has 3 N–H and O–H groups in total. The molecule has 3 aliphatic rings. The van der Waals surface area contributed by atoms with Crippen LogP contribution >= 0.6 is 11.6 Å². The van der Waals surface area contributed by atoms with Crippen molar-refractivity contribution in [3.8, 4) is 0 Å². The van der Waals surface area contributed by atoms with Crippen LogP contribution in [-0.2, 0) is 17.6 Å². The molecular weight excluding hydrogens is 472 g/mol. The SMILES string of the molecule is NC(=O)c1cc(Cl)ccc1C[CH]C(=O)N1CCN(c2ccccc2CCNC(C2CC2)C2CC2)CC1. The van der Waals surface area contributed by atoms with Crippen LogP contribution in [0.4, 0.5) is 5.69 Å². The van der Waals surface area contributed by atoms with Gasteiger partial charge in [0.1, 0.15) is 0 Å². The van der Waals surface area contributed by atoms with Gasteiger partial charge in [-0.15, -0.1) is 0 Å². The van der Waals surface area contributed by atoms with Gasteiger partial charge in [-0.25, -0.2) is 0 Å². The number of rotatable bonds is 11. The van der Waals surface area contributed by atoms with E-state index < -0.39 is 5.91 Å². The molecular formula is C29H36ClN4O2. The monoisotopic (exact) mass is 507 g/mol. The second kappa shape index (κ2) is 11.2. The summed E-state index contributed by atoms with van der Waals surface area (Å²) >= 11 is 5.99. The number of anilines is 1. The standard InChI is InChI=1S/C29H36ClN4O2/c30-24-11-9-20(25(19-24)29(31)36)10-12-27(35)34-17-15-33(16-18-34)26-4-2-1-3-21(26)13-14-32-28(22-5-6-22)23-7-8-23/h1-4,9,11-12,19,22-23,28,32H,5-8,10,13-18H2,(H2,31,36). The van der Waals surface area contributed by atoms with Crippen molar-refractivity contribution in [3.05, 3.63) is 70.6 Å². The van der Waals surface area contributed by atoms with Crippen molar-refractivity contribution in [1.82, 2.24) is 10.2 Å². The largest absolute Gasteiger partial charge is 0.368 e. The molecule has 2 aromatic rings. The molecule has 1 heterocycles. The van der Waals surface area contributed by atoms with E-state index in [-0.39, 0.29) is 5.91 Å². The fourth-order valence-electron chi connectivity index (χ4n) is 5.48. The van der Waals surface area contributed by atoms with Crippen molar-refractivity contribution < 1.29 is 9.59 Å². The summed E-state index contributed by atoms with van der Waals surface area (Å²) in [5.41, 5.74) is 9.22. The number of para-hydroxylation sites is 1. The maximum absolute atomic E-state index is 12.9. The van der Waals surface area contributed by atoms with Gasteiger partial charge in [0.2, 0.25) is 11.8 Å². The zero-order chi connectivity index (χ0) is 25.1. The van der Waals surface area contributed by atoms with E-state index in [4.69, 9.17) is 17.3 Å². The Morgan fingerprint density at radius 3 is 2.36 bits per heavy atom. The van der Waals surface area contributed by atoms with Gasteiger partial charge >= 0.3 is 0 Å². The highest BCUT2D eigenvalue weighted by molar-refractivity contribution is 6.31. The van der Waals surface area contributed by atoms with Gasteiger partial charge < -0.3 is 20.9 Å². The third-order valence-corrected chi connectivity index (χ3v) is 8.03. The number of carbonyl (C=O) groups is 2. The molecule has 5 rings (SSSR count). The molecule has 191 valence electrons. The van der Waals surface area contributed by atoms with Crippen molar-refractivity contribution in [2.75, 3.05) is 37.6 Å². The number of piperazine rings is 1. The van der Waals surface area contributed by atoms with Crippen molar-refractivity contribution in [2.24, 2.45) is 17.6 Å². The minimum absolute atomic E-state index is 0.0105. The second-order valence-corrected chi connectivity index (χ2v) is 10.9. The van der Waals surface area contributed by atoms with Gasteiger partial charge in [0.15, 0.2) is 0 Å². The van der Waals surface area contributed by atoms with Crippen LogP contribution in [0, 0.1) is 18.3 Å². The first-order valence-electron chi connectivity index (χ1n) is 13.3. The molecule has 2 aromatic carbocycles. The van der Waals surface area contributed by atoms with Gasteiger partial charge in [-0.1, -0.05) is 35.9 Å². The Kier molecular flexibility index (Phi) is 7.82. The minimum Gasteiger partial charge on any atom is -0.368 e. The third-order valence-electron chi connectivity index (χ3n) is 7.79. The summed E-state index contributed by atoms with van der Waals surface area (Å²) in [6.45, 7) is 4.00. The van der Waals surface area contributed by atoms with E-state index in [1.54, 1.807) is 24.6 Å². The zero-order valence-corrected chi connectivity index (χ0v) is 21.6. The van der Waals surface area contributed by atoms with Crippen molar-refractivity contribution >= 4 is 29.1 Å². The molecule has 1 aliphatic heterocycles. The molecule has 7 heteroatoms. The summed E-state index contributed by atoms with van der Waals surface area (Å²) in [4.78, 5) is 28.9. The van der Waals surface area contributed by atoms with Crippen molar-refractivity contribution in [2.45, 2.75) is 44.6 Å². The molecule has 1 saturated heterocycles. The molecule has 6 nitrogen and oxygen atoms in total. The molecule has 0 aromatic heterocycles. The summed E-state index contributed by atoms with van der Waals surface area (Å²) < 4.78 is 0. The first-order chi connectivity index (χ1) is 17.5. The maximum Gasteiger partial charge on any atom is 0.249 e. The molecule has 2 amide bonds. The molecule has 0 spiro atoms. The smallest absolute Gasteiger partial charge is 0.249 e. The molecule has 0 unspecified atom stereocenters. The first-order valence-corrected chi connectivity index (χ1v) is 13.6. The summed E-state index contributed by atoms with van der Waals surface area (Å²) in [5.74, 6) is 1.28. The Morgan fingerprint density at radius 2 is 1.69 bits per heavy atom. The number of amides is 2. The van der Waals surface area contributed by atoms with Crippen LogP contribution in [0.1, 0.15) is 47.2 Å². The number of nitrogens with two attached hydrogens (primary N) is 1. The maximum atomic E-state index is 12.9. The summed E-state index contributed by atoms with van der Waals surface area (Å²) in [6, 6.07) is 14.5. The highest BCUT2D eigenvalue weighted by atomic mass is 35.5. The average Bonchev–Trinajstić information content (AvgIpc) is 3.81. The Morgan fingerprint density at radius 1 is 1.00 bits per heavy atom. The lowest BCUT2D eigenvalue weighted by molar-refractivity contribution is -0.127. The van der Waals surface area contributed by atoms with E-state index in [0.717, 1.165) is 43.9 Å². The van der Waals surface area contributed by atoms with E-state index in [0.29, 0.717) is 35.7 Å². The van der Waals surface area contributed by atoms with Crippen LogP contribution < -0.4 is 16.0 Å². The fourth-order valence-corrected chi connectivity index (χ4v) is 5.66. The van der Waals surface area contributed by atoms with E-state index in [1.807, 2.05) is 4.90 Å². The van der Waals surface area contributed by atoms with Crippen LogP contribution in [0.5, 0.6) is 0 Å². The first kappa shape index (κ1) is 25.1. The predicted octanol–water partition coefficient (Wildman–Crippen LogP) is 3.86. The van der Waals surface area contributed by atoms with E-state index in [2.05, 4.69) is 34.5 Å². The van der Waals surface area contributed by atoms with E-state index >= 15 is 0 Å². The molecule has 2 aliphatic carbocycles. The third kappa shape index (κ3) is 6.22. The number of halogens is 1. The topological polar surface area (TPSA) is 78.7 Å². The van der Waals surface area contributed by atoms with E-state index in [1.165, 1.54) is 36.9 Å². The zero-order valence-electron chi connectivity index (χ0n) is 20.8. The fraction of sp³-hybridized carbons (Fsp3) is 0.483. The number of nitrogens with zero attached hydrogens (tertiary/aromatic N) is 2. The quantitative estimate of drug-likeness (QED) is 0.484. The van der Waals surface area contributed by atoms with Gasteiger partial charge in [-0.2, -0.15) is 0 Å². The lowest BCUT2D eigenvalue weighted by Crippen LogP contribution is -2.49. The molecule has 3 fully saturated rings. The van der Waals surface area contributed by atoms with Gasteiger partial charge in [0, 0.05) is 48.5 Å². The minimum atomic E-state index is -0.536. The highest BCUT2D eigenvalue weighted by Gasteiger charge is 2.40. The lowest BCUT2D eigenvalue weighted by atomic mass is 10.0. The predicted molar refractivity (Wildman–Crippen MR) is 144 cm³/mol. The summed E-state index contributed by atoms with van der Waals surface area (Å²) in [6.07, 6.45) is 8.62. The van der Waals surface area contributed by atoms with Gasteiger partial charge in [-0.05, 0) is 86.2 Å². The van der Waals surface area contributed by atoms with Crippen molar-refractivity contribution in [3.63, 3.8) is 0 Å². The molecule has 0 bridgehead atoms. The summed E-state index contributed by atoms with van der Waals surface area (Å²) in [5, 5.41) is 4.33. The number of primary amides is 1. The number of benzene rings is 2. The van der Waals surface area contributed by atoms with Crippen LogP contribution in [0.25, 0.3) is 0 Å². The Hall–Kier alpha value is -2.57. The van der Waals surface area contributed by atoms with Crippen LogP contribution in [0.3, 0.4) is 0 Å². The average molecular weight is 508 g/mol. The van der Waals surface area contributed by atoms with Crippen LogP contribution in [0.15, 0.2) is 42.5 Å². The normalized spacial score (nSPS) is 18.1. The number of carbonyl (C=O) groups excluding carboxylic acids is 2. The van der Waals surface area contributed by atoms with Crippen LogP contribution in [0.2, 0.25) is 5.02 Å². The Bertz CT molecular complexity index is 1080. The summed E-state index contributed by atoms with van der Waals surface area (Å²) in [7, 11) is 0. The van der Waals surface area contributed by atoms with Crippen molar-refractivity contribution in [1.29, 1.82) is 0 Å². The molecule has 36 heavy (non-hydrogen) atoms. The Labute approximate surface area is 219 Å². The van der Waals surface area contributed by atoms with Gasteiger partial charge in [-0.3, -0.25) is 9.59 Å². The van der Waals surface area contributed by atoms with Gasteiger partial charge in [0.25, 0.3) is 0 Å². The highest BCUT2D eigenvalue weighted by Crippen LogP contribution is 2.44. The van der Waals surface area contributed by atoms with Crippen LogP contribution in [-0.4, -0.2) is 55.5 Å². The number of nitrogens with one attached hydrogen (secondary N) is 1. The van der Waals surface area contributed by atoms with Gasteiger partial charge in [0.05, 0.1) is 6.42 Å².